The van der Waals surface area contributed by atoms with Gasteiger partial charge in [0.05, 0.1) is 47.8 Å². The molecule has 0 aromatic rings. The monoisotopic (exact) mass is 460 g/mol. The first-order valence-corrected chi connectivity index (χ1v) is 17.9. The van der Waals surface area contributed by atoms with Crippen LogP contribution in [0.5, 0.6) is 0 Å². The lowest BCUT2D eigenvalue weighted by molar-refractivity contribution is -0.890. The van der Waals surface area contributed by atoms with E-state index in [1.165, 1.54) is 38.0 Å². The van der Waals surface area contributed by atoms with Gasteiger partial charge in [-0.3, -0.25) is 0 Å². The molecule has 0 fully saturated rings. The Hall–Kier alpha value is -0.476. The molecular weight excluding hydrogens is 408 g/mol. The van der Waals surface area contributed by atoms with E-state index in [9.17, 15) is 4.79 Å². The molecule has 7 heteroatoms. The Bertz CT molecular complexity index is 547. The van der Waals surface area contributed by atoms with Gasteiger partial charge in [-0.25, -0.2) is 4.79 Å². The second-order valence-electron chi connectivity index (χ2n) is 11.5. The minimum absolute atomic E-state index is 0.291. The Balaban J connectivity index is 4.36. The molecule has 0 amide bonds. The number of likely N-dealkylation sites (N-methyl/N-ethyl adjacent to an activating group) is 1. The zero-order valence-corrected chi connectivity index (χ0v) is 23.9. The van der Waals surface area contributed by atoms with Crippen molar-refractivity contribution in [2.24, 2.45) is 0 Å². The summed E-state index contributed by atoms with van der Waals surface area (Å²) in [5, 5.41) is 0. The fraction of sp³-hybridized carbons (Fsp3) is 0.870. The maximum absolute atomic E-state index is 11.5. The van der Waals surface area contributed by atoms with Gasteiger partial charge >= 0.3 is 5.97 Å². The van der Waals surface area contributed by atoms with Gasteiger partial charge in [-0.15, -0.1) is 0 Å². The van der Waals surface area contributed by atoms with Crippen molar-refractivity contribution in [1.82, 2.24) is 0 Å². The fourth-order valence-corrected chi connectivity index (χ4v) is 12.9. The first-order valence-electron chi connectivity index (χ1n) is 11.7. The number of quaternary nitrogens is 2. The van der Waals surface area contributed by atoms with Crippen molar-refractivity contribution < 1.29 is 22.6 Å². The first kappa shape index (κ1) is 29.5. The summed E-state index contributed by atoms with van der Waals surface area (Å²) in [6.45, 7) is 22.0. The molecule has 0 aromatic heterocycles. The highest BCUT2D eigenvalue weighted by Crippen LogP contribution is 2.24. The van der Waals surface area contributed by atoms with Crippen molar-refractivity contribution in [3.63, 3.8) is 0 Å². The summed E-state index contributed by atoms with van der Waals surface area (Å²) < 4.78 is 14.1. The fourth-order valence-electron chi connectivity index (χ4n) is 4.05. The van der Waals surface area contributed by atoms with Crippen LogP contribution in [0.3, 0.4) is 0 Å². The van der Waals surface area contributed by atoms with Crippen LogP contribution in [0.1, 0.15) is 33.1 Å². The molecule has 0 aliphatic carbocycles. The van der Waals surface area contributed by atoms with E-state index in [0.717, 1.165) is 28.5 Å². The molecule has 0 rings (SSSR count). The lowest BCUT2D eigenvalue weighted by Crippen LogP contribution is -2.47. The van der Waals surface area contributed by atoms with Crippen LogP contribution in [-0.2, 0) is 13.6 Å². The maximum atomic E-state index is 11.5. The van der Waals surface area contributed by atoms with Gasteiger partial charge in [0.15, 0.2) is 16.6 Å². The highest BCUT2D eigenvalue weighted by molar-refractivity contribution is 6.84. The number of esters is 1. The largest absolute Gasteiger partial charge is 0.456 e. The number of nitrogens with zero attached hydrogens (tertiary/aromatic N) is 2. The topological polar surface area (TPSA) is 35.5 Å². The van der Waals surface area contributed by atoms with Crippen LogP contribution in [0.4, 0.5) is 0 Å². The van der Waals surface area contributed by atoms with Gasteiger partial charge < -0.3 is 17.8 Å². The van der Waals surface area contributed by atoms with Crippen molar-refractivity contribution in [2.75, 3.05) is 61.0 Å². The molecule has 30 heavy (non-hydrogen) atoms. The second kappa shape index (κ2) is 12.5. The summed E-state index contributed by atoms with van der Waals surface area (Å²) in [6.07, 6.45) is 3.67. The molecule has 0 atom stereocenters. The molecule has 0 spiro atoms. The predicted octanol–water partition coefficient (Wildman–Crippen LogP) is 4.88. The Kier molecular flexibility index (Phi) is 12.3. The van der Waals surface area contributed by atoms with Crippen LogP contribution < -0.4 is 0 Å². The molecule has 0 saturated heterocycles. The second-order valence-corrected chi connectivity index (χ2v) is 20.4. The van der Waals surface area contributed by atoms with Gasteiger partial charge in [0.1, 0.15) is 13.2 Å². The normalized spacial score (nSPS) is 13.4. The summed E-state index contributed by atoms with van der Waals surface area (Å²) in [7, 11) is 5.82. The predicted molar refractivity (Wildman–Crippen MR) is 135 cm³/mol. The SMILES string of the molecule is C=C(C)C(=O)OCC[N+](C)(C)CCC[Si](C)(C)O[Si](C)(C)CCC[N+](C)(C)CCC. The molecule has 0 N–H and O–H groups in total. The van der Waals surface area contributed by atoms with Crippen molar-refractivity contribution in [3.05, 3.63) is 12.2 Å². The van der Waals surface area contributed by atoms with Crippen molar-refractivity contribution in [1.29, 1.82) is 0 Å². The average molecular weight is 461 g/mol. The molecule has 0 aliphatic rings. The van der Waals surface area contributed by atoms with Crippen molar-refractivity contribution in [3.8, 4) is 0 Å². The van der Waals surface area contributed by atoms with Gasteiger partial charge in [0, 0.05) is 5.57 Å². The standard InChI is InChI=1S/C23H52N2O3Si2/c1-12-15-24(4,5)16-13-20-29(8,9)28-30(10,11)21-14-17-25(6,7)18-19-27-23(26)22(2)3/h2,12-21H2,1,3-11H3/q+2. The van der Waals surface area contributed by atoms with Crippen LogP contribution in [0, 0.1) is 0 Å². The van der Waals surface area contributed by atoms with Crippen LogP contribution in [0.25, 0.3) is 0 Å². The number of carbonyl (C=O) groups is 1. The van der Waals surface area contributed by atoms with Gasteiger partial charge in [-0.2, -0.15) is 0 Å². The van der Waals surface area contributed by atoms with Crippen molar-refractivity contribution >= 4 is 22.6 Å². The lowest BCUT2D eigenvalue weighted by atomic mass is 10.3. The average Bonchev–Trinajstić information content (AvgIpc) is 2.52. The smallest absolute Gasteiger partial charge is 0.333 e. The van der Waals surface area contributed by atoms with Gasteiger partial charge in [-0.05, 0) is 64.5 Å². The summed E-state index contributed by atoms with van der Waals surface area (Å²) in [5.41, 5.74) is 0.463. The molecule has 0 unspecified atom stereocenters. The number of rotatable bonds is 16. The third-order valence-corrected chi connectivity index (χ3v) is 13.3. The Morgan fingerprint density at radius 3 is 1.67 bits per heavy atom. The van der Waals surface area contributed by atoms with Crippen molar-refractivity contribution in [2.45, 2.75) is 71.4 Å². The molecule has 0 radical (unpaired) electrons. The van der Waals surface area contributed by atoms with E-state index in [2.05, 4.69) is 67.9 Å². The van der Waals surface area contributed by atoms with E-state index in [4.69, 9.17) is 8.85 Å². The van der Waals surface area contributed by atoms with E-state index < -0.39 is 16.6 Å². The lowest BCUT2D eigenvalue weighted by Gasteiger charge is -2.36. The summed E-state index contributed by atoms with van der Waals surface area (Å²) in [4.78, 5) is 11.5. The third-order valence-electron chi connectivity index (χ3n) is 5.74. The van der Waals surface area contributed by atoms with E-state index in [-0.39, 0.29) is 5.97 Å². The minimum atomic E-state index is -1.66. The van der Waals surface area contributed by atoms with E-state index in [1.54, 1.807) is 6.92 Å². The summed E-state index contributed by atoms with van der Waals surface area (Å²) >= 11 is 0. The summed E-state index contributed by atoms with van der Waals surface area (Å²) in [6, 6.07) is 2.44. The van der Waals surface area contributed by atoms with Crippen LogP contribution in [0.15, 0.2) is 12.2 Å². The van der Waals surface area contributed by atoms with Crippen LogP contribution in [0.2, 0.25) is 38.3 Å². The maximum Gasteiger partial charge on any atom is 0.333 e. The molecule has 0 heterocycles. The van der Waals surface area contributed by atoms with Crippen LogP contribution in [-0.4, -0.2) is 92.5 Å². The number of ether oxygens (including phenoxy) is 1. The number of carbonyl (C=O) groups excluding carboxylic acids is 1. The van der Waals surface area contributed by atoms with E-state index in [0.29, 0.717) is 12.2 Å². The quantitative estimate of drug-likeness (QED) is 0.143. The zero-order valence-electron chi connectivity index (χ0n) is 21.9. The Morgan fingerprint density at radius 1 is 0.833 bits per heavy atom. The first-order chi connectivity index (χ1) is 13.5. The Labute approximate surface area is 189 Å². The molecule has 0 bridgehead atoms. The molecule has 0 aliphatic heterocycles. The van der Waals surface area contributed by atoms with E-state index in [1.807, 2.05) is 0 Å². The van der Waals surface area contributed by atoms with Gasteiger partial charge in [0.2, 0.25) is 0 Å². The molecule has 0 aromatic carbocycles. The number of hydrogen-bond acceptors (Lipinski definition) is 3. The molecular formula is C23H52N2O3Si2+2. The highest BCUT2D eigenvalue weighted by atomic mass is 28.4. The molecule has 178 valence electrons. The van der Waals surface area contributed by atoms with E-state index >= 15 is 0 Å². The molecule has 5 nitrogen and oxygen atoms in total. The van der Waals surface area contributed by atoms with Gasteiger partial charge in [0.25, 0.3) is 0 Å². The molecule has 0 saturated carbocycles. The highest BCUT2D eigenvalue weighted by Gasteiger charge is 2.33. The van der Waals surface area contributed by atoms with Gasteiger partial charge in [-0.1, -0.05) is 13.5 Å². The number of hydrogen-bond donors (Lipinski definition) is 0. The minimum Gasteiger partial charge on any atom is -0.456 e. The van der Waals surface area contributed by atoms with Crippen LogP contribution >= 0.6 is 0 Å². The summed E-state index contributed by atoms with van der Waals surface area (Å²) in [5.74, 6) is -0.291. The Morgan fingerprint density at radius 2 is 1.27 bits per heavy atom. The zero-order chi connectivity index (χ0) is 23.6. The third kappa shape index (κ3) is 14.5.